The molecule has 0 saturated heterocycles. The zero-order chi connectivity index (χ0) is 18.9. The van der Waals surface area contributed by atoms with E-state index in [-0.39, 0.29) is 23.6 Å². The summed E-state index contributed by atoms with van der Waals surface area (Å²) in [6.07, 6.45) is 1.49. The number of esters is 1. The molecule has 0 radical (unpaired) electrons. The van der Waals surface area contributed by atoms with E-state index < -0.39 is 16.0 Å². The summed E-state index contributed by atoms with van der Waals surface area (Å²) >= 11 is 0. The molecule has 1 amide bonds. The number of carbonyl (C=O) groups is 2. The summed E-state index contributed by atoms with van der Waals surface area (Å²) in [7, 11) is -2.27. The number of ether oxygens (including phenoxy) is 1. The van der Waals surface area contributed by atoms with E-state index in [9.17, 15) is 18.0 Å². The quantitative estimate of drug-likeness (QED) is 0.638. The van der Waals surface area contributed by atoms with Crippen LogP contribution in [0.1, 0.15) is 39.5 Å². The highest BCUT2D eigenvalue weighted by atomic mass is 32.2. The lowest BCUT2D eigenvalue weighted by Gasteiger charge is -2.21. The first-order chi connectivity index (χ1) is 11.8. The average Bonchev–Trinajstić information content (AvgIpc) is 2.60. The molecular weight excluding hydrogens is 344 g/mol. The summed E-state index contributed by atoms with van der Waals surface area (Å²) in [6, 6.07) is 6.03. The lowest BCUT2D eigenvalue weighted by molar-refractivity contribution is -0.141. The number of methoxy groups -OCH3 is 1. The van der Waals surface area contributed by atoms with Crippen molar-refractivity contribution in [1.29, 1.82) is 0 Å². The third-order valence-electron chi connectivity index (χ3n) is 3.51. The van der Waals surface area contributed by atoms with Gasteiger partial charge in [0.2, 0.25) is 15.9 Å². The number of benzene rings is 1. The molecule has 0 atom stereocenters. The van der Waals surface area contributed by atoms with Crippen molar-refractivity contribution in [2.45, 2.75) is 44.4 Å². The van der Waals surface area contributed by atoms with Gasteiger partial charge in [0, 0.05) is 25.2 Å². The van der Waals surface area contributed by atoms with Gasteiger partial charge in [-0.2, -0.15) is 4.31 Å². The molecule has 0 bridgehead atoms. The Balaban J connectivity index is 2.77. The molecule has 1 aromatic rings. The zero-order valence-corrected chi connectivity index (χ0v) is 15.8. The molecule has 0 heterocycles. The lowest BCUT2D eigenvalue weighted by Crippen LogP contribution is -2.32. The van der Waals surface area contributed by atoms with Gasteiger partial charge in [0.1, 0.15) is 0 Å². The van der Waals surface area contributed by atoms with Crippen LogP contribution >= 0.6 is 0 Å². The fourth-order valence-corrected chi connectivity index (χ4v) is 3.88. The highest BCUT2D eigenvalue weighted by Crippen LogP contribution is 2.19. The second-order valence-corrected chi connectivity index (χ2v) is 7.49. The summed E-state index contributed by atoms with van der Waals surface area (Å²) < 4.78 is 31.2. The van der Waals surface area contributed by atoms with Crippen LogP contribution in [0.15, 0.2) is 29.2 Å². The second-order valence-electron chi connectivity index (χ2n) is 5.55. The first-order valence-corrected chi connectivity index (χ1v) is 9.76. The minimum atomic E-state index is -3.54. The van der Waals surface area contributed by atoms with Crippen molar-refractivity contribution in [2.75, 3.05) is 25.5 Å². The number of sulfonamides is 1. The predicted molar refractivity (Wildman–Crippen MR) is 95.7 cm³/mol. The number of hydrogen-bond donors (Lipinski definition) is 1. The molecule has 140 valence electrons. The SMILES string of the molecule is CCCN(CCC)S(=O)(=O)c1ccc(NC(=O)CCC(=O)OC)cc1. The zero-order valence-electron chi connectivity index (χ0n) is 14.9. The number of carbonyl (C=O) groups excluding carboxylic acids is 2. The summed E-state index contributed by atoms with van der Waals surface area (Å²) in [4.78, 5) is 23.0. The standard InChI is InChI=1S/C17H26N2O5S/c1-4-12-19(13-5-2)25(22,23)15-8-6-14(7-9-15)18-16(20)10-11-17(21)24-3/h6-9H,4-5,10-13H2,1-3H3,(H,18,20). The first-order valence-electron chi connectivity index (χ1n) is 8.32. The smallest absolute Gasteiger partial charge is 0.306 e. The van der Waals surface area contributed by atoms with Crippen LogP contribution in [0, 0.1) is 0 Å². The topological polar surface area (TPSA) is 92.8 Å². The molecule has 0 aliphatic rings. The third-order valence-corrected chi connectivity index (χ3v) is 5.42. The van der Waals surface area contributed by atoms with Crippen LogP contribution in [-0.2, 0) is 24.3 Å². The van der Waals surface area contributed by atoms with Crippen molar-refractivity contribution < 1.29 is 22.7 Å². The minimum absolute atomic E-state index is 0.00219. The molecule has 8 heteroatoms. The maximum Gasteiger partial charge on any atom is 0.306 e. The largest absolute Gasteiger partial charge is 0.469 e. The van der Waals surface area contributed by atoms with Gasteiger partial charge in [0.05, 0.1) is 18.4 Å². The Morgan fingerprint density at radius 3 is 2.08 bits per heavy atom. The highest BCUT2D eigenvalue weighted by molar-refractivity contribution is 7.89. The number of anilines is 1. The maximum absolute atomic E-state index is 12.6. The molecule has 0 aliphatic carbocycles. The third kappa shape index (κ3) is 6.47. The summed E-state index contributed by atoms with van der Waals surface area (Å²) in [5, 5.41) is 2.62. The molecule has 0 fully saturated rings. The van der Waals surface area contributed by atoms with E-state index in [1.807, 2.05) is 13.8 Å². The maximum atomic E-state index is 12.6. The molecule has 1 rings (SSSR count). The molecular formula is C17H26N2O5S. The number of amides is 1. The number of nitrogens with zero attached hydrogens (tertiary/aromatic N) is 1. The number of nitrogens with one attached hydrogen (secondary N) is 1. The first kappa shape index (κ1) is 21.1. The van der Waals surface area contributed by atoms with Crippen LogP contribution in [0.2, 0.25) is 0 Å². The van der Waals surface area contributed by atoms with Crippen molar-refractivity contribution in [3.63, 3.8) is 0 Å². The average molecular weight is 370 g/mol. The van der Waals surface area contributed by atoms with Crippen molar-refractivity contribution in [2.24, 2.45) is 0 Å². The Labute approximate surface area is 149 Å². The Bertz CT molecular complexity index is 665. The van der Waals surface area contributed by atoms with Crippen molar-refractivity contribution >= 4 is 27.6 Å². The molecule has 0 aromatic heterocycles. The fraction of sp³-hybridized carbons (Fsp3) is 0.529. The monoisotopic (exact) mass is 370 g/mol. The van der Waals surface area contributed by atoms with Crippen LogP contribution < -0.4 is 5.32 Å². The summed E-state index contributed by atoms with van der Waals surface area (Å²) in [5.74, 6) is -0.789. The van der Waals surface area contributed by atoms with Crippen LogP contribution in [0.25, 0.3) is 0 Å². The molecule has 1 aromatic carbocycles. The van der Waals surface area contributed by atoms with Crippen LogP contribution in [-0.4, -0.2) is 44.8 Å². The summed E-state index contributed by atoms with van der Waals surface area (Å²) in [5.41, 5.74) is 0.478. The Morgan fingerprint density at radius 2 is 1.60 bits per heavy atom. The van der Waals surface area contributed by atoms with Gasteiger partial charge < -0.3 is 10.1 Å². The predicted octanol–water partition coefficient (Wildman–Crippen LogP) is 2.39. The molecule has 0 saturated carbocycles. The normalized spacial score (nSPS) is 11.4. The molecule has 0 unspecified atom stereocenters. The van der Waals surface area contributed by atoms with E-state index in [1.165, 1.54) is 23.5 Å². The molecule has 0 spiro atoms. The number of rotatable bonds is 10. The second kappa shape index (κ2) is 10.1. The van der Waals surface area contributed by atoms with E-state index in [0.29, 0.717) is 18.8 Å². The van der Waals surface area contributed by atoms with E-state index in [4.69, 9.17) is 0 Å². The van der Waals surface area contributed by atoms with Crippen molar-refractivity contribution in [1.82, 2.24) is 4.31 Å². The van der Waals surface area contributed by atoms with Gasteiger partial charge >= 0.3 is 5.97 Å². The number of hydrogen-bond acceptors (Lipinski definition) is 5. The Morgan fingerprint density at radius 1 is 1.04 bits per heavy atom. The van der Waals surface area contributed by atoms with Gasteiger partial charge in [-0.05, 0) is 37.1 Å². The highest BCUT2D eigenvalue weighted by Gasteiger charge is 2.22. The van der Waals surface area contributed by atoms with E-state index in [2.05, 4.69) is 10.1 Å². The Kier molecular flexibility index (Phi) is 8.57. The summed E-state index contributed by atoms with van der Waals surface area (Å²) in [6.45, 7) is 4.82. The van der Waals surface area contributed by atoms with Gasteiger partial charge in [0.25, 0.3) is 0 Å². The van der Waals surface area contributed by atoms with Crippen LogP contribution in [0.3, 0.4) is 0 Å². The van der Waals surface area contributed by atoms with Crippen LogP contribution in [0.5, 0.6) is 0 Å². The van der Waals surface area contributed by atoms with Gasteiger partial charge in [-0.1, -0.05) is 13.8 Å². The molecule has 7 nitrogen and oxygen atoms in total. The Hall–Kier alpha value is -1.93. The fourth-order valence-electron chi connectivity index (χ4n) is 2.25. The van der Waals surface area contributed by atoms with Gasteiger partial charge in [-0.25, -0.2) is 8.42 Å². The molecule has 1 N–H and O–H groups in total. The molecule has 25 heavy (non-hydrogen) atoms. The van der Waals surface area contributed by atoms with Crippen molar-refractivity contribution in [3.8, 4) is 0 Å². The molecule has 0 aliphatic heterocycles. The van der Waals surface area contributed by atoms with Gasteiger partial charge in [0.15, 0.2) is 0 Å². The minimum Gasteiger partial charge on any atom is -0.469 e. The van der Waals surface area contributed by atoms with E-state index >= 15 is 0 Å². The van der Waals surface area contributed by atoms with E-state index in [0.717, 1.165) is 12.8 Å². The van der Waals surface area contributed by atoms with E-state index in [1.54, 1.807) is 12.1 Å². The van der Waals surface area contributed by atoms with Gasteiger partial charge in [-0.3, -0.25) is 9.59 Å². The van der Waals surface area contributed by atoms with Crippen LogP contribution in [0.4, 0.5) is 5.69 Å². The lowest BCUT2D eigenvalue weighted by atomic mass is 10.2. The van der Waals surface area contributed by atoms with Gasteiger partial charge in [-0.15, -0.1) is 0 Å². The van der Waals surface area contributed by atoms with Crippen molar-refractivity contribution in [3.05, 3.63) is 24.3 Å².